The fraction of sp³-hybridized carbons (Fsp3) is 0.542. The summed E-state index contributed by atoms with van der Waals surface area (Å²) >= 11 is 0. The first kappa shape index (κ1) is 24.7. The Morgan fingerprint density at radius 1 is 1.27 bits per heavy atom. The Morgan fingerprint density at radius 2 is 2.00 bits per heavy atom. The van der Waals surface area contributed by atoms with Crippen LogP contribution in [-0.4, -0.2) is 67.7 Å². The normalized spacial score (nSPS) is 15.1. The zero-order chi connectivity index (χ0) is 23.6. The lowest BCUT2D eigenvalue weighted by atomic mass is 9.92. The van der Waals surface area contributed by atoms with E-state index < -0.39 is 5.97 Å². The molecule has 0 radical (unpaired) electrons. The highest BCUT2D eigenvalue weighted by atomic mass is 16.5. The van der Waals surface area contributed by atoms with E-state index >= 15 is 0 Å². The summed E-state index contributed by atoms with van der Waals surface area (Å²) in [5, 5.41) is 12.8. The van der Waals surface area contributed by atoms with E-state index in [4.69, 9.17) is 14.2 Å². The van der Waals surface area contributed by atoms with Gasteiger partial charge in [-0.05, 0) is 42.9 Å². The van der Waals surface area contributed by atoms with Gasteiger partial charge in [0.25, 0.3) is 0 Å². The molecule has 0 amide bonds. The van der Waals surface area contributed by atoms with Crippen LogP contribution in [0.2, 0.25) is 0 Å². The number of anilines is 3. The van der Waals surface area contributed by atoms with Crippen LogP contribution >= 0.6 is 0 Å². The summed E-state index contributed by atoms with van der Waals surface area (Å²) in [4.78, 5) is 22.2. The van der Waals surface area contributed by atoms with Crippen LogP contribution in [0.4, 0.5) is 17.1 Å². The highest BCUT2D eigenvalue weighted by Crippen LogP contribution is 2.36. The van der Waals surface area contributed by atoms with Gasteiger partial charge in [0.2, 0.25) is 0 Å². The number of aliphatic carboxylic acids is 1. The van der Waals surface area contributed by atoms with E-state index in [0.29, 0.717) is 18.7 Å². The van der Waals surface area contributed by atoms with Gasteiger partial charge in [0.1, 0.15) is 0 Å². The van der Waals surface area contributed by atoms with E-state index in [9.17, 15) is 9.90 Å². The molecule has 2 heterocycles. The molecule has 1 atom stereocenters. The molecular formula is C24H34N4O5. The first-order valence-corrected chi connectivity index (χ1v) is 11.4. The number of ether oxygens (including phenoxy) is 3. The smallest absolute Gasteiger partial charge is 0.316 e. The number of benzene rings is 1. The second kappa shape index (κ2) is 12.4. The average Bonchev–Trinajstić information content (AvgIpc) is 2.84. The van der Waals surface area contributed by atoms with Crippen LogP contribution in [0.3, 0.4) is 0 Å². The van der Waals surface area contributed by atoms with Crippen molar-refractivity contribution in [3.63, 3.8) is 0 Å². The third kappa shape index (κ3) is 6.79. The number of carboxylic acids is 1. The van der Waals surface area contributed by atoms with Crippen LogP contribution < -0.4 is 15.0 Å². The van der Waals surface area contributed by atoms with Crippen molar-refractivity contribution in [2.45, 2.75) is 44.6 Å². The third-order valence-corrected chi connectivity index (χ3v) is 5.97. The van der Waals surface area contributed by atoms with Gasteiger partial charge in [-0.15, -0.1) is 0 Å². The van der Waals surface area contributed by atoms with Crippen LogP contribution in [0.1, 0.15) is 44.1 Å². The molecule has 1 aromatic carbocycles. The zero-order valence-electron chi connectivity index (χ0n) is 19.6. The molecule has 9 heteroatoms. The lowest BCUT2D eigenvalue weighted by Gasteiger charge is -2.37. The van der Waals surface area contributed by atoms with Crippen LogP contribution in [-0.2, 0) is 14.3 Å². The molecule has 0 bridgehead atoms. The number of hydrogen-bond acceptors (Lipinski definition) is 8. The lowest BCUT2D eigenvalue weighted by Crippen LogP contribution is -2.41. The zero-order valence-corrected chi connectivity index (χ0v) is 19.6. The molecule has 1 aliphatic heterocycles. The topological polar surface area (TPSA) is 106 Å². The Balaban J connectivity index is 2.00. The van der Waals surface area contributed by atoms with E-state index in [2.05, 4.69) is 32.3 Å². The summed E-state index contributed by atoms with van der Waals surface area (Å²) in [7, 11) is 3.23. The third-order valence-electron chi connectivity index (χ3n) is 5.97. The van der Waals surface area contributed by atoms with Gasteiger partial charge < -0.3 is 29.5 Å². The Hall–Kier alpha value is -2.91. The summed E-state index contributed by atoms with van der Waals surface area (Å²) in [6.07, 6.45) is 6.05. The number of hydrogen-bond donors (Lipinski definition) is 2. The second-order valence-corrected chi connectivity index (χ2v) is 8.09. The molecule has 180 valence electrons. The van der Waals surface area contributed by atoms with Gasteiger partial charge >= 0.3 is 12.0 Å². The predicted octanol–water partition coefficient (Wildman–Crippen LogP) is 3.83. The van der Waals surface area contributed by atoms with Gasteiger partial charge in [-0.25, -0.2) is 9.97 Å². The van der Waals surface area contributed by atoms with Crippen molar-refractivity contribution in [1.82, 2.24) is 9.97 Å². The molecule has 1 aromatic heterocycles. The molecule has 3 rings (SSSR count). The quantitative estimate of drug-likeness (QED) is 0.491. The van der Waals surface area contributed by atoms with Crippen molar-refractivity contribution in [3.05, 3.63) is 36.2 Å². The van der Waals surface area contributed by atoms with Crippen molar-refractivity contribution >= 4 is 23.0 Å². The SMILES string of the molecule is CCC(CC(=O)O)c1ccc(N(CCOC)C2CCOCC2)c(Nc2cnc(OC)nc2)c1. The standard InChI is InChI=1S/C24H34N4O5/c1-4-17(14-23(29)30)18-5-6-22(28(9-12-31-2)20-7-10-33-11-8-20)21(13-18)27-19-15-25-24(32-3)26-16-19/h5-6,13,15-17,20,27H,4,7-12,14H2,1-3H3,(H,29,30). The highest BCUT2D eigenvalue weighted by molar-refractivity contribution is 5.77. The van der Waals surface area contributed by atoms with Crippen LogP contribution in [0.15, 0.2) is 30.6 Å². The molecule has 0 spiro atoms. The lowest BCUT2D eigenvalue weighted by molar-refractivity contribution is -0.137. The van der Waals surface area contributed by atoms with E-state index in [1.807, 2.05) is 13.0 Å². The maximum atomic E-state index is 11.4. The molecule has 2 N–H and O–H groups in total. The molecule has 0 aliphatic carbocycles. The Bertz CT molecular complexity index is 887. The summed E-state index contributed by atoms with van der Waals surface area (Å²) in [5.41, 5.74) is 3.62. The maximum absolute atomic E-state index is 11.4. The maximum Gasteiger partial charge on any atom is 0.316 e. The molecular weight excluding hydrogens is 424 g/mol. The molecule has 1 fully saturated rings. The molecule has 1 saturated heterocycles. The summed E-state index contributed by atoms with van der Waals surface area (Å²) in [6.45, 7) is 4.82. The van der Waals surface area contributed by atoms with Gasteiger partial charge in [-0.1, -0.05) is 13.0 Å². The highest BCUT2D eigenvalue weighted by Gasteiger charge is 2.25. The minimum atomic E-state index is -0.798. The fourth-order valence-electron chi connectivity index (χ4n) is 4.19. The van der Waals surface area contributed by atoms with E-state index in [0.717, 1.165) is 61.6 Å². The first-order chi connectivity index (χ1) is 16.0. The summed E-state index contributed by atoms with van der Waals surface area (Å²) in [6, 6.07) is 6.80. The fourth-order valence-corrected chi connectivity index (χ4v) is 4.19. The monoisotopic (exact) mass is 458 g/mol. The van der Waals surface area contributed by atoms with Gasteiger partial charge in [-0.2, -0.15) is 0 Å². The Labute approximate surface area is 195 Å². The van der Waals surface area contributed by atoms with Gasteiger partial charge in [0.15, 0.2) is 0 Å². The van der Waals surface area contributed by atoms with Crippen LogP contribution in [0.25, 0.3) is 0 Å². The van der Waals surface area contributed by atoms with Crippen LogP contribution in [0.5, 0.6) is 6.01 Å². The first-order valence-electron chi connectivity index (χ1n) is 11.4. The summed E-state index contributed by atoms with van der Waals surface area (Å²) < 4.78 is 16.0. The van der Waals surface area contributed by atoms with Crippen molar-refractivity contribution in [2.24, 2.45) is 0 Å². The molecule has 1 aliphatic rings. The van der Waals surface area contributed by atoms with Crippen LogP contribution in [0, 0.1) is 0 Å². The number of nitrogens with one attached hydrogen (secondary N) is 1. The van der Waals surface area contributed by atoms with E-state index in [-0.39, 0.29) is 12.3 Å². The number of rotatable bonds is 12. The van der Waals surface area contributed by atoms with Gasteiger partial charge in [0.05, 0.1) is 49.6 Å². The number of methoxy groups -OCH3 is 2. The van der Waals surface area contributed by atoms with Crippen molar-refractivity contribution in [3.8, 4) is 6.01 Å². The molecule has 33 heavy (non-hydrogen) atoms. The number of carbonyl (C=O) groups is 1. The number of aromatic nitrogens is 2. The minimum Gasteiger partial charge on any atom is -0.481 e. The minimum absolute atomic E-state index is 0.0697. The molecule has 1 unspecified atom stereocenters. The van der Waals surface area contributed by atoms with Crippen molar-refractivity contribution in [1.29, 1.82) is 0 Å². The van der Waals surface area contributed by atoms with Crippen molar-refractivity contribution < 1.29 is 24.1 Å². The predicted molar refractivity (Wildman–Crippen MR) is 127 cm³/mol. The van der Waals surface area contributed by atoms with E-state index in [1.165, 1.54) is 7.11 Å². The van der Waals surface area contributed by atoms with Crippen molar-refractivity contribution in [2.75, 3.05) is 50.8 Å². The van der Waals surface area contributed by atoms with Gasteiger partial charge in [-0.3, -0.25) is 4.79 Å². The van der Waals surface area contributed by atoms with E-state index in [1.54, 1.807) is 19.5 Å². The number of nitrogens with zero attached hydrogens (tertiary/aromatic N) is 3. The molecule has 9 nitrogen and oxygen atoms in total. The number of carboxylic acid groups (broad SMARTS) is 1. The molecule has 2 aromatic rings. The largest absolute Gasteiger partial charge is 0.481 e. The van der Waals surface area contributed by atoms with Gasteiger partial charge in [0, 0.05) is 32.9 Å². The summed E-state index contributed by atoms with van der Waals surface area (Å²) in [5.74, 6) is -0.868. The Morgan fingerprint density at radius 3 is 2.61 bits per heavy atom. The average molecular weight is 459 g/mol. The second-order valence-electron chi connectivity index (χ2n) is 8.09. The molecule has 0 saturated carbocycles. The Kier molecular flexibility index (Phi) is 9.26.